The van der Waals surface area contributed by atoms with Gasteiger partial charge in [-0.2, -0.15) is 0 Å². The van der Waals surface area contributed by atoms with Gasteiger partial charge in [0.05, 0.1) is 10.9 Å². The predicted octanol–water partition coefficient (Wildman–Crippen LogP) is 4.01. The molecule has 0 aliphatic carbocycles. The molecule has 0 aliphatic heterocycles. The first-order chi connectivity index (χ1) is 13.9. The largest absolute Gasteiger partial charge is 0.485 e. The number of para-hydroxylation sites is 2. The SMILES string of the molecule is CC(=O)c1ccccc1NC(=O)[C@H](C)Sc1n[nH]c(COc2ccccc2C)n1. The third-order valence-corrected chi connectivity index (χ3v) is 5.15. The van der Waals surface area contributed by atoms with Gasteiger partial charge in [0, 0.05) is 5.56 Å². The summed E-state index contributed by atoms with van der Waals surface area (Å²) in [5.74, 6) is 1.03. The van der Waals surface area contributed by atoms with Gasteiger partial charge in [0.25, 0.3) is 0 Å². The van der Waals surface area contributed by atoms with Crippen molar-refractivity contribution in [3.8, 4) is 5.75 Å². The van der Waals surface area contributed by atoms with Gasteiger partial charge in [-0.25, -0.2) is 4.98 Å². The quantitative estimate of drug-likeness (QED) is 0.430. The number of amides is 1. The van der Waals surface area contributed by atoms with Gasteiger partial charge in [0.2, 0.25) is 11.1 Å². The summed E-state index contributed by atoms with van der Waals surface area (Å²) in [5, 5.41) is 9.78. The third kappa shape index (κ3) is 5.45. The molecule has 29 heavy (non-hydrogen) atoms. The Hall–Kier alpha value is -3.13. The van der Waals surface area contributed by atoms with Crippen LogP contribution in [0, 0.1) is 6.92 Å². The van der Waals surface area contributed by atoms with E-state index in [0.29, 0.717) is 22.2 Å². The van der Waals surface area contributed by atoms with Crippen LogP contribution in [0.4, 0.5) is 5.69 Å². The highest BCUT2D eigenvalue weighted by Gasteiger charge is 2.19. The number of hydrogen-bond acceptors (Lipinski definition) is 6. The third-order valence-electron chi connectivity index (χ3n) is 4.18. The van der Waals surface area contributed by atoms with Crippen molar-refractivity contribution in [1.82, 2.24) is 15.2 Å². The molecule has 1 heterocycles. The van der Waals surface area contributed by atoms with Crippen molar-refractivity contribution < 1.29 is 14.3 Å². The normalized spacial score (nSPS) is 11.7. The summed E-state index contributed by atoms with van der Waals surface area (Å²) in [6, 6.07) is 14.7. The van der Waals surface area contributed by atoms with Crippen LogP contribution in [0.2, 0.25) is 0 Å². The van der Waals surface area contributed by atoms with Crippen molar-refractivity contribution in [1.29, 1.82) is 0 Å². The van der Waals surface area contributed by atoms with E-state index in [1.807, 2.05) is 31.2 Å². The highest BCUT2D eigenvalue weighted by atomic mass is 32.2. The second-order valence-electron chi connectivity index (χ2n) is 6.47. The van der Waals surface area contributed by atoms with Crippen LogP contribution in [0.15, 0.2) is 53.7 Å². The summed E-state index contributed by atoms with van der Waals surface area (Å²) in [5.41, 5.74) is 2.02. The van der Waals surface area contributed by atoms with Gasteiger partial charge in [0.1, 0.15) is 12.4 Å². The molecule has 0 bridgehead atoms. The van der Waals surface area contributed by atoms with Crippen molar-refractivity contribution in [2.45, 2.75) is 37.8 Å². The van der Waals surface area contributed by atoms with E-state index < -0.39 is 5.25 Å². The Labute approximate surface area is 173 Å². The number of H-pyrrole nitrogens is 1. The molecule has 0 fully saturated rings. The predicted molar refractivity (Wildman–Crippen MR) is 112 cm³/mol. The number of Topliss-reactive ketones (excluding diaryl/α,β-unsaturated/α-hetero) is 1. The number of carbonyl (C=O) groups excluding carboxylic acids is 2. The number of carbonyl (C=O) groups is 2. The fourth-order valence-corrected chi connectivity index (χ4v) is 3.35. The monoisotopic (exact) mass is 410 g/mol. The van der Waals surface area contributed by atoms with Gasteiger partial charge >= 0.3 is 0 Å². The lowest BCUT2D eigenvalue weighted by atomic mass is 10.1. The molecule has 3 rings (SSSR count). The van der Waals surface area contributed by atoms with Crippen molar-refractivity contribution in [2.24, 2.45) is 0 Å². The van der Waals surface area contributed by atoms with Crippen molar-refractivity contribution >= 4 is 29.1 Å². The number of anilines is 1. The van der Waals surface area contributed by atoms with Crippen LogP contribution in [0.1, 0.15) is 35.6 Å². The molecule has 0 radical (unpaired) electrons. The number of ketones is 1. The molecule has 2 N–H and O–H groups in total. The van der Waals surface area contributed by atoms with Gasteiger partial charge in [0.15, 0.2) is 11.6 Å². The van der Waals surface area contributed by atoms with Gasteiger partial charge in [-0.3, -0.25) is 14.7 Å². The topological polar surface area (TPSA) is 97.0 Å². The second-order valence-corrected chi connectivity index (χ2v) is 7.78. The summed E-state index contributed by atoms with van der Waals surface area (Å²) < 4.78 is 5.75. The van der Waals surface area contributed by atoms with Gasteiger partial charge < -0.3 is 10.1 Å². The maximum absolute atomic E-state index is 12.5. The molecule has 0 saturated heterocycles. The molecule has 8 heteroatoms. The Kier molecular flexibility index (Phi) is 6.66. The first-order valence-electron chi connectivity index (χ1n) is 9.11. The minimum atomic E-state index is -0.448. The number of aromatic amines is 1. The minimum Gasteiger partial charge on any atom is -0.485 e. The fraction of sp³-hybridized carbons (Fsp3) is 0.238. The minimum absolute atomic E-state index is 0.103. The first-order valence-corrected chi connectivity index (χ1v) is 9.99. The van der Waals surface area contributed by atoms with Crippen LogP contribution in [-0.4, -0.2) is 32.1 Å². The highest BCUT2D eigenvalue weighted by molar-refractivity contribution is 8.00. The van der Waals surface area contributed by atoms with Gasteiger partial charge in [-0.1, -0.05) is 42.1 Å². The summed E-state index contributed by atoms with van der Waals surface area (Å²) in [6.45, 7) is 5.46. The van der Waals surface area contributed by atoms with Crippen molar-refractivity contribution in [3.63, 3.8) is 0 Å². The summed E-state index contributed by atoms with van der Waals surface area (Å²) >= 11 is 1.22. The Morgan fingerprint density at radius 2 is 1.90 bits per heavy atom. The van der Waals surface area contributed by atoms with E-state index in [-0.39, 0.29) is 18.3 Å². The number of thioether (sulfide) groups is 1. The lowest BCUT2D eigenvalue weighted by Crippen LogP contribution is -2.23. The maximum atomic E-state index is 12.5. The number of hydrogen-bond donors (Lipinski definition) is 2. The number of aromatic nitrogens is 3. The maximum Gasteiger partial charge on any atom is 0.237 e. The summed E-state index contributed by atoms with van der Waals surface area (Å²) in [6.07, 6.45) is 0. The zero-order valence-corrected chi connectivity index (χ0v) is 17.2. The number of nitrogens with zero attached hydrogens (tertiary/aromatic N) is 2. The molecule has 1 atom stereocenters. The molecule has 7 nitrogen and oxygen atoms in total. The molecule has 1 amide bonds. The van der Waals surface area contributed by atoms with E-state index in [2.05, 4.69) is 20.5 Å². The van der Waals surface area contributed by atoms with E-state index in [1.54, 1.807) is 31.2 Å². The molecule has 0 saturated carbocycles. The molecule has 1 aromatic heterocycles. The number of aryl methyl sites for hydroxylation is 1. The van der Waals surface area contributed by atoms with Crippen LogP contribution in [0.3, 0.4) is 0 Å². The summed E-state index contributed by atoms with van der Waals surface area (Å²) in [7, 11) is 0. The fourth-order valence-electron chi connectivity index (χ4n) is 2.60. The summed E-state index contributed by atoms with van der Waals surface area (Å²) in [4.78, 5) is 28.6. The van der Waals surface area contributed by atoms with E-state index in [0.717, 1.165) is 11.3 Å². The number of benzene rings is 2. The van der Waals surface area contributed by atoms with E-state index >= 15 is 0 Å². The van der Waals surface area contributed by atoms with Crippen LogP contribution in [0.5, 0.6) is 5.75 Å². The number of nitrogens with one attached hydrogen (secondary N) is 2. The molecule has 150 valence electrons. The number of ether oxygens (including phenoxy) is 1. The molecular weight excluding hydrogens is 388 g/mol. The van der Waals surface area contributed by atoms with Crippen molar-refractivity contribution in [3.05, 3.63) is 65.5 Å². The Bertz CT molecular complexity index is 1020. The molecule has 0 unspecified atom stereocenters. The highest BCUT2D eigenvalue weighted by Crippen LogP contribution is 2.23. The number of rotatable bonds is 8. The molecule has 3 aromatic rings. The molecule has 2 aromatic carbocycles. The Balaban J connectivity index is 1.57. The lowest BCUT2D eigenvalue weighted by molar-refractivity contribution is -0.115. The van der Waals surface area contributed by atoms with Gasteiger partial charge in [-0.15, -0.1) is 5.10 Å². The van der Waals surface area contributed by atoms with Crippen LogP contribution < -0.4 is 10.1 Å². The molecule has 0 spiro atoms. The average molecular weight is 410 g/mol. The Morgan fingerprint density at radius 1 is 1.17 bits per heavy atom. The van der Waals surface area contributed by atoms with Crippen molar-refractivity contribution in [2.75, 3.05) is 5.32 Å². The smallest absolute Gasteiger partial charge is 0.237 e. The molecular formula is C21H22N4O3S. The lowest BCUT2D eigenvalue weighted by Gasteiger charge is -2.12. The van der Waals surface area contributed by atoms with E-state index in [4.69, 9.17) is 4.74 Å². The van der Waals surface area contributed by atoms with E-state index in [1.165, 1.54) is 18.7 Å². The van der Waals surface area contributed by atoms with Gasteiger partial charge in [-0.05, 0) is 44.5 Å². The van der Waals surface area contributed by atoms with Crippen LogP contribution in [-0.2, 0) is 11.4 Å². The Morgan fingerprint density at radius 3 is 2.66 bits per heavy atom. The molecule has 0 aliphatic rings. The second kappa shape index (κ2) is 9.38. The first kappa shape index (κ1) is 20.6. The zero-order valence-electron chi connectivity index (χ0n) is 16.4. The standard InChI is InChI=1S/C21H22N4O3S/c1-13-8-4-7-11-18(13)28-12-19-23-21(25-24-19)29-15(3)20(27)22-17-10-6-5-9-16(17)14(2)26/h4-11,15H,12H2,1-3H3,(H,22,27)(H,23,24,25)/t15-/m0/s1. The van der Waals surface area contributed by atoms with E-state index in [9.17, 15) is 9.59 Å². The van der Waals surface area contributed by atoms with Crippen LogP contribution >= 0.6 is 11.8 Å². The van der Waals surface area contributed by atoms with Crippen LogP contribution in [0.25, 0.3) is 0 Å². The average Bonchev–Trinajstić information content (AvgIpc) is 3.15. The zero-order chi connectivity index (χ0) is 20.8.